The minimum absolute atomic E-state index is 0.262. The molecule has 0 aliphatic heterocycles. The third kappa shape index (κ3) is 6.97. The van der Waals surface area contributed by atoms with Crippen molar-refractivity contribution in [1.29, 1.82) is 0 Å². The standard InChI is InChI=1S/C13H12.C5H8O3/c1-3-7-12(8-4-1)11-13-9-5-2-6-10-13;1-3-8-5(7)4(2)6/h1-10H,11H2;6H,2-3H2,1H3. The zero-order chi connectivity index (χ0) is 15.5. The van der Waals surface area contributed by atoms with Gasteiger partial charge in [0.1, 0.15) is 0 Å². The summed E-state index contributed by atoms with van der Waals surface area (Å²) in [6.45, 7) is 4.87. The Hall–Kier alpha value is -2.55. The molecule has 110 valence electrons. The van der Waals surface area contributed by atoms with Crippen LogP contribution in [0, 0.1) is 0 Å². The Morgan fingerprint density at radius 1 is 1.00 bits per heavy atom. The predicted molar refractivity (Wildman–Crippen MR) is 84.1 cm³/mol. The summed E-state index contributed by atoms with van der Waals surface area (Å²) in [5.74, 6) is -1.31. The normalized spacial score (nSPS) is 9.19. The van der Waals surface area contributed by atoms with Crippen LogP contribution in [0.25, 0.3) is 0 Å². The van der Waals surface area contributed by atoms with Crippen LogP contribution in [0.1, 0.15) is 18.1 Å². The van der Waals surface area contributed by atoms with Gasteiger partial charge in [-0.1, -0.05) is 60.7 Å². The van der Waals surface area contributed by atoms with Crippen LogP contribution in [-0.2, 0) is 16.0 Å². The maximum atomic E-state index is 10.2. The highest BCUT2D eigenvalue weighted by molar-refractivity contribution is 5.84. The van der Waals surface area contributed by atoms with Gasteiger partial charge in [0.2, 0.25) is 0 Å². The molecule has 0 atom stereocenters. The first-order chi connectivity index (χ1) is 10.1. The molecule has 0 fully saturated rings. The Kier molecular flexibility index (Phi) is 7.36. The second-order valence-electron chi connectivity index (χ2n) is 4.32. The van der Waals surface area contributed by atoms with Crippen LogP contribution in [0.5, 0.6) is 0 Å². The van der Waals surface area contributed by atoms with Crippen molar-refractivity contribution in [1.82, 2.24) is 0 Å². The van der Waals surface area contributed by atoms with Gasteiger partial charge < -0.3 is 9.84 Å². The first-order valence-electron chi connectivity index (χ1n) is 6.76. The monoisotopic (exact) mass is 284 g/mol. The van der Waals surface area contributed by atoms with Gasteiger partial charge in [0.05, 0.1) is 6.61 Å². The molecule has 2 rings (SSSR count). The van der Waals surface area contributed by atoms with Crippen molar-refractivity contribution in [3.8, 4) is 0 Å². The highest BCUT2D eigenvalue weighted by Crippen LogP contribution is 2.07. The Balaban J connectivity index is 0.000000240. The molecule has 0 aromatic heterocycles. The fraction of sp³-hybridized carbons (Fsp3) is 0.167. The Labute approximate surface area is 125 Å². The topological polar surface area (TPSA) is 46.5 Å². The molecule has 0 saturated carbocycles. The quantitative estimate of drug-likeness (QED) is 0.526. The zero-order valence-electron chi connectivity index (χ0n) is 12.2. The van der Waals surface area contributed by atoms with Gasteiger partial charge in [0.25, 0.3) is 0 Å². The van der Waals surface area contributed by atoms with Crippen LogP contribution in [0.2, 0.25) is 0 Å². The van der Waals surface area contributed by atoms with Crippen LogP contribution in [0.15, 0.2) is 73.0 Å². The van der Waals surface area contributed by atoms with Crippen LogP contribution < -0.4 is 0 Å². The largest absolute Gasteiger partial charge is 0.502 e. The summed E-state index contributed by atoms with van der Waals surface area (Å²) in [4.78, 5) is 10.2. The van der Waals surface area contributed by atoms with Gasteiger partial charge in [-0.2, -0.15) is 0 Å². The van der Waals surface area contributed by atoms with E-state index in [0.717, 1.165) is 6.42 Å². The number of ether oxygens (including phenoxy) is 1. The molecule has 0 aliphatic rings. The average molecular weight is 284 g/mol. The molecule has 3 nitrogen and oxygen atoms in total. The number of esters is 1. The molecular weight excluding hydrogens is 264 g/mol. The Morgan fingerprint density at radius 3 is 1.71 bits per heavy atom. The molecule has 2 aromatic rings. The molecule has 0 heterocycles. The van der Waals surface area contributed by atoms with Gasteiger partial charge >= 0.3 is 5.97 Å². The summed E-state index contributed by atoms with van der Waals surface area (Å²) >= 11 is 0. The lowest BCUT2D eigenvalue weighted by Crippen LogP contribution is -2.05. The first-order valence-corrected chi connectivity index (χ1v) is 6.76. The molecule has 3 heteroatoms. The van der Waals surface area contributed by atoms with E-state index in [0.29, 0.717) is 0 Å². The Bertz CT molecular complexity index is 510. The number of hydrogen-bond acceptors (Lipinski definition) is 3. The van der Waals surface area contributed by atoms with E-state index in [1.807, 2.05) is 0 Å². The van der Waals surface area contributed by atoms with Gasteiger partial charge in [0, 0.05) is 0 Å². The molecule has 0 aliphatic carbocycles. The van der Waals surface area contributed by atoms with Gasteiger partial charge in [0.15, 0.2) is 5.76 Å². The van der Waals surface area contributed by atoms with E-state index in [-0.39, 0.29) is 6.61 Å². The smallest absolute Gasteiger partial charge is 0.372 e. The fourth-order valence-electron chi connectivity index (χ4n) is 1.64. The van der Waals surface area contributed by atoms with Crippen LogP contribution in [-0.4, -0.2) is 17.7 Å². The summed E-state index contributed by atoms with van der Waals surface area (Å²) in [6, 6.07) is 21.1. The first kappa shape index (κ1) is 16.5. The zero-order valence-corrected chi connectivity index (χ0v) is 12.2. The van der Waals surface area contributed by atoms with Crippen LogP contribution >= 0.6 is 0 Å². The van der Waals surface area contributed by atoms with Crippen LogP contribution in [0.3, 0.4) is 0 Å². The van der Waals surface area contributed by atoms with Gasteiger partial charge in [-0.25, -0.2) is 4.79 Å². The van der Waals surface area contributed by atoms with Crippen molar-refractivity contribution < 1.29 is 14.6 Å². The Morgan fingerprint density at radius 2 is 1.43 bits per heavy atom. The number of carbonyl (C=O) groups excluding carboxylic acids is 1. The lowest BCUT2D eigenvalue weighted by molar-refractivity contribution is -0.141. The maximum absolute atomic E-state index is 10.2. The molecule has 0 amide bonds. The van der Waals surface area contributed by atoms with E-state index in [1.165, 1.54) is 11.1 Å². The van der Waals surface area contributed by atoms with Crippen molar-refractivity contribution in [2.24, 2.45) is 0 Å². The number of benzene rings is 2. The molecule has 2 aromatic carbocycles. The SMILES string of the molecule is C=C(O)C(=O)OCC.c1ccc(Cc2ccccc2)cc1. The van der Waals surface area contributed by atoms with E-state index in [1.54, 1.807) is 6.92 Å². The molecule has 0 bridgehead atoms. The van der Waals surface area contributed by atoms with E-state index >= 15 is 0 Å². The number of aliphatic hydroxyl groups excluding tert-OH is 1. The summed E-state index contributed by atoms with van der Waals surface area (Å²) in [6.07, 6.45) is 1.03. The predicted octanol–water partition coefficient (Wildman–Crippen LogP) is 3.90. The molecule has 0 saturated heterocycles. The number of carbonyl (C=O) groups is 1. The highest BCUT2D eigenvalue weighted by atomic mass is 16.5. The summed E-state index contributed by atoms with van der Waals surface area (Å²) in [5, 5.41) is 8.28. The van der Waals surface area contributed by atoms with E-state index in [2.05, 4.69) is 72.0 Å². The molecule has 1 N–H and O–H groups in total. The summed E-state index contributed by atoms with van der Waals surface area (Å²) in [7, 11) is 0. The number of hydrogen-bond donors (Lipinski definition) is 1. The number of aliphatic hydroxyl groups is 1. The van der Waals surface area contributed by atoms with Crippen molar-refractivity contribution >= 4 is 5.97 Å². The van der Waals surface area contributed by atoms with E-state index in [4.69, 9.17) is 5.11 Å². The second kappa shape index (κ2) is 9.37. The van der Waals surface area contributed by atoms with Crippen molar-refractivity contribution in [3.05, 3.63) is 84.1 Å². The average Bonchev–Trinajstić information content (AvgIpc) is 2.50. The molecule has 21 heavy (non-hydrogen) atoms. The lowest BCUT2D eigenvalue weighted by Gasteiger charge is -2.00. The second-order valence-corrected chi connectivity index (χ2v) is 4.32. The van der Waals surface area contributed by atoms with Crippen LogP contribution in [0.4, 0.5) is 0 Å². The lowest BCUT2D eigenvalue weighted by atomic mass is 10.1. The molecule has 0 spiro atoms. The summed E-state index contributed by atoms with van der Waals surface area (Å²) in [5.41, 5.74) is 2.74. The summed E-state index contributed by atoms with van der Waals surface area (Å²) < 4.78 is 4.31. The molecular formula is C18H20O3. The maximum Gasteiger partial charge on any atom is 0.372 e. The number of rotatable bonds is 4. The fourth-order valence-corrected chi connectivity index (χ4v) is 1.64. The highest BCUT2D eigenvalue weighted by Gasteiger charge is 2.01. The molecule has 0 unspecified atom stereocenters. The van der Waals surface area contributed by atoms with E-state index in [9.17, 15) is 4.79 Å². The van der Waals surface area contributed by atoms with Gasteiger partial charge in [-0.3, -0.25) is 0 Å². The minimum atomic E-state index is -0.757. The van der Waals surface area contributed by atoms with Crippen molar-refractivity contribution in [2.75, 3.05) is 6.61 Å². The van der Waals surface area contributed by atoms with Gasteiger partial charge in [-0.05, 0) is 31.1 Å². The third-order valence-corrected chi connectivity index (χ3v) is 2.60. The van der Waals surface area contributed by atoms with Crippen molar-refractivity contribution in [2.45, 2.75) is 13.3 Å². The third-order valence-electron chi connectivity index (χ3n) is 2.60. The molecule has 0 radical (unpaired) electrons. The van der Waals surface area contributed by atoms with Crippen molar-refractivity contribution in [3.63, 3.8) is 0 Å². The van der Waals surface area contributed by atoms with Gasteiger partial charge in [-0.15, -0.1) is 0 Å². The minimum Gasteiger partial charge on any atom is -0.502 e. The van der Waals surface area contributed by atoms with E-state index < -0.39 is 11.7 Å².